The number of aromatic amines is 1. The second-order valence-corrected chi connectivity index (χ2v) is 7.35. The first-order valence-electron chi connectivity index (χ1n) is 9.40. The van der Waals surface area contributed by atoms with Crippen molar-refractivity contribution in [1.29, 1.82) is 0 Å². The molecule has 27 heavy (non-hydrogen) atoms. The molecule has 2 aromatic heterocycles. The molecular weight excluding hydrogens is 342 g/mol. The van der Waals surface area contributed by atoms with E-state index in [0.717, 1.165) is 42.1 Å². The third kappa shape index (κ3) is 3.85. The summed E-state index contributed by atoms with van der Waals surface area (Å²) < 4.78 is 1.78. The molecule has 0 radical (unpaired) electrons. The summed E-state index contributed by atoms with van der Waals surface area (Å²) in [4.78, 5) is 22.2. The number of imidazole rings is 1. The third-order valence-electron chi connectivity index (χ3n) is 5.10. The van der Waals surface area contributed by atoms with Gasteiger partial charge in [0.2, 0.25) is 0 Å². The smallest absolute Gasteiger partial charge is 0.276 e. The number of carbonyl (C=O) groups is 1. The van der Waals surface area contributed by atoms with Crippen molar-refractivity contribution in [2.75, 3.05) is 20.1 Å². The summed E-state index contributed by atoms with van der Waals surface area (Å²) in [5.41, 5.74) is 3.41. The van der Waals surface area contributed by atoms with Gasteiger partial charge >= 0.3 is 0 Å². The molecule has 0 saturated carbocycles. The van der Waals surface area contributed by atoms with Crippen LogP contribution in [0.3, 0.4) is 0 Å². The number of H-pyrrole nitrogens is 1. The van der Waals surface area contributed by atoms with Crippen molar-refractivity contribution in [2.45, 2.75) is 32.9 Å². The zero-order valence-electron chi connectivity index (χ0n) is 15.8. The normalized spacial score (nSPS) is 17.3. The number of aromatic nitrogens is 5. The molecule has 1 aliphatic heterocycles. The highest BCUT2D eigenvalue weighted by molar-refractivity contribution is 5.91. The average molecular weight is 367 g/mol. The van der Waals surface area contributed by atoms with Gasteiger partial charge < -0.3 is 15.2 Å². The van der Waals surface area contributed by atoms with Crippen molar-refractivity contribution >= 4 is 16.9 Å². The maximum atomic E-state index is 12.7. The zero-order chi connectivity index (χ0) is 18.8. The predicted molar refractivity (Wildman–Crippen MR) is 102 cm³/mol. The quantitative estimate of drug-likeness (QED) is 0.717. The fourth-order valence-corrected chi connectivity index (χ4v) is 3.62. The van der Waals surface area contributed by atoms with Gasteiger partial charge in [-0.3, -0.25) is 9.48 Å². The van der Waals surface area contributed by atoms with Crippen molar-refractivity contribution in [3.8, 4) is 0 Å². The molecule has 1 atom stereocenters. The van der Waals surface area contributed by atoms with E-state index in [1.165, 1.54) is 12.8 Å². The highest BCUT2D eigenvalue weighted by Crippen LogP contribution is 2.17. The lowest BCUT2D eigenvalue weighted by molar-refractivity contribution is 0.0776. The Kier molecular flexibility index (Phi) is 4.89. The van der Waals surface area contributed by atoms with E-state index in [1.54, 1.807) is 22.8 Å². The van der Waals surface area contributed by atoms with Crippen LogP contribution in [-0.4, -0.2) is 55.9 Å². The van der Waals surface area contributed by atoms with E-state index in [-0.39, 0.29) is 5.91 Å². The maximum Gasteiger partial charge on any atom is 0.276 e. The van der Waals surface area contributed by atoms with Crippen LogP contribution in [-0.2, 0) is 13.1 Å². The van der Waals surface area contributed by atoms with Crippen LogP contribution in [0.4, 0.5) is 0 Å². The number of fused-ring (bicyclic) bond motifs is 1. The Morgan fingerprint density at radius 1 is 1.41 bits per heavy atom. The summed E-state index contributed by atoms with van der Waals surface area (Å²) in [6.45, 7) is 5.30. The molecule has 3 aromatic rings. The molecule has 1 fully saturated rings. The topological polar surface area (TPSA) is 91.7 Å². The summed E-state index contributed by atoms with van der Waals surface area (Å²) >= 11 is 0. The number of carbonyl (C=O) groups excluding carboxylic acids is 1. The van der Waals surface area contributed by atoms with E-state index in [4.69, 9.17) is 0 Å². The van der Waals surface area contributed by atoms with Gasteiger partial charge in [-0.2, -0.15) is 0 Å². The van der Waals surface area contributed by atoms with E-state index in [1.807, 2.05) is 25.1 Å². The van der Waals surface area contributed by atoms with E-state index in [0.29, 0.717) is 18.2 Å². The Hall–Kier alpha value is -2.74. The van der Waals surface area contributed by atoms with Crippen LogP contribution in [0.25, 0.3) is 11.0 Å². The number of hydrogen-bond donors (Lipinski definition) is 2. The number of amides is 1. The average Bonchev–Trinajstić information content (AvgIpc) is 3.29. The SMILES string of the molecule is Cc1cccc2[nH]c(CN(C)C(=O)c3cn(C[C@@H]4CCCNC4)nn3)nc12. The van der Waals surface area contributed by atoms with Gasteiger partial charge in [-0.05, 0) is 50.4 Å². The first kappa shape index (κ1) is 17.7. The molecule has 2 N–H and O–H groups in total. The zero-order valence-corrected chi connectivity index (χ0v) is 15.8. The number of nitrogens with one attached hydrogen (secondary N) is 2. The maximum absolute atomic E-state index is 12.7. The fourth-order valence-electron chi connectivity index (χ4n) is 3.62. The van der Waals surface area contributed by atoms with Gasteiger partial charge in [0, 0.05) is 13.6 Å². The van der Waals surface area contributed by atoms with Gasteiger partial charge in [0.25, 0.3) is 5.91 Å². The fraction of sp³-hybridized carbons (Fsp3) is 0.474. The van der Waals surface area contributed by atoms with Gasteiger partial charge in [0.15, 0.2) is 5.69 Å². The van der Waals surface area contributed by atoms with Gasteiger partial charge in [-0.15, -0.1) is 5.10 Å². The number of nitrogens with zero attached hydrogens (tertiary/aromatic N) is 5. The minimum atomic E-state index is -0.153. The van der Waals surface area contributed by atoms with Crippen LogP contribution < -0.4 is 5.32 Å². The number of rotatable bonds is 5. The van der Waals surface area contributed by atoms with Gasteiger partial charge in [-0.1, -0.05) is 17.3 Å². The Bertz CT molecular complexity index is 939. The van der Waals surface area contributed by atoms with Crippen LogP contribution in [0.15, 0.2) is 24.4 Å². The number of piperidine rings is 1. The monoisotopic (exact) mass is 367 g/mol. The molecule has 8 heteroatoms. The summed E-state index contributed by atoms with van der Waals surface area (Å²) in [6, 6.07) is 6.02. The largest absolute Gasteiger partial charge is 0.340 e. The lowest BCUT2D eigenvalue weighted by Crippen LogP contribution is -2.32. The molecule has 142 valence electrons. The van der Waals surface area contributed by atoms with Crippen LogP contribution in [0.2, 0.25) is 0 Å². The number of aryl methyl sites for hydroxylation is 1. The second kappa shape index (κ2) is 7.48. The van der Waals surface area contributed by atoms with Crippen molar-refractivity contribution < 1.29 is 4.79 Å². The molecule has 1 aliphatic rings. The predicted octanol–water partition coefficient (Wildman–Crippen LogP) is 1.73. The molecule has 3 heterocycles. The van der Waals surface area contributed by atoms with Crippen LogP contribution in [0.1, 0.15) is 34.7 Å². The van der Waals surface area contributed by atoms with Crippen molar-refractivity contribution in [3.05, 3.63) is 41.5 Å². The summed E-state index contributed by atoms with van der Waals surface area (Å²) in [5, 5.41) is 11.6. The second-order valence-electron chi connectivity index (χ2n) is 7.35. The molecule has 1 saturated heterocycles. The highest BCUT2D eigenvalue weighted by atomic mass is 16.2. The minimum absolute atomic E-state index is 0.153. The van der Waals surface area contributed by atoms with Crippen LogP contribution >= 0.6 is 0 Å². The summed E-state index contributed by atoms with van der Waals surface area (Å²) in [7, 11) is 1.76. The summed E-state index contributed by atoms with van der Waals surface area (Å²) in [5.74, 6) is 1.15. The molecule has 4 rings (SSSR count). The van der Waals surface area contributed by atoms with Crippen molar-refractivity contribution in [2.24, 2.45) is 5.92 Å². The lowest BCUT2D eigenvalue weighted by atomic mass is 10.00. The van der Waals surface area contributed by atoms with Gasteiger partial charge in [0.1, 0.15) is 5.82 Å². The van der Waals surface area contributed by atoms with E-state index >= 15 is 0 Å². The molecule has 0 aliphatic carbocycles. The molecule has 1 amide bonds. The Morgan fingerprint density at radius 3 is 3.07 bits per heavy atom. The summed E-state index contributed by atoms with van der Waals surface area (Å²) in [6.07, 6.45) is 4.11. The molecular formula is C19H25N7O. The van der Waals surface area contributed by atoms with Gasteiger partial charge in [0.05, 0.1) is 23.8 Å². The lowest BCUT2D eigenvalue weighted by Gasteiger charge is -2.22. The van der Waals surface area contributed by atoms with Gasteiger partial charge in [-0.25, -0.2) is 4.98 Å². The van der Waals surface area contributed by atoms with Crippen LogP contribution in [0.5, 0.6) is 0 Å². The molecule has 1 aromatic carbocycles. The van der Waals surface area contributed by atoms with Crippen LogP contribution in [0, 0.1) is 12.8 Å². The first-order chi connectivity index (χ1) is 13.1. The van der Waals surface area contributed by atoms with E-state index in [9.17, 15) is 4.79 Å². The molecule has 0 bridgehead atoms. The molecule has 0 spiro atoms. The Balaban J connectivity index is 1.41. The Labute approximate surface area is 158 Å². The number of hydrogen-bond acceptors (Lipinski definition) is 5. The van der Waals surface area contributed by atoms with E-state index in [2.05, 4.69) is 25.6 Å². The minimum Gasteiger partial charge on any atom is -0.340 e. The number of para-hydroxylation sites is 1. The number of benzene rings is 1. The first-order valence-corrected chi connectivity index (χ1v) is 9.40. The highest BCUT2D eigenvalue weighted by Gasteiger charge is 2.19. The van der Waals surface area contributed by atoms with Crippen molar-refractivity contribution in [3.63, 3.8) is 0 Å². The van der Waals surface area contributed by atoms with E-state index < -0.39 is 0 Å². The molecule has 0 unspecified atom stereocenters. The third-order valence-corrected chi connectivity index (χ3v) is 5.10. The molecule has 8 nitrogen and oxygen atoms in total. The standard InChI is InChI=1S/C19H25N7O/c1-13-5-3-7-15-18(13)22-17(21-15)12-25(2)19(27)16-11-26(24-23-16)10-14-6-4-8-20-9-14/h3,5,7,11,14,20H,4,6,8-10,12H2,1-2H3,(H,21,22)/t14-/m1/s1. The van der Waals surface area contributed by atoms with Crippen molar-refractivity contribution in [1.82, 2.24) is 35.2 Å². The Morgan fingerprint density at radius 2 is 2.30 bits per heavy atom.